The molecule has 17 heteroatoms. The van der Waals surface area contributed by atoms with Crippen molar-refractivity contribution in [3.63, 3.8) is 0 Å². The van der Waals surface area contributed by atoms with E-state index in [4.69, 9.17) is 4.74 Å². The number of ketones is 1. The van der Waals surface area contributed by atoms with Gasteiger partial charge in [0.2, 0.25) is 23.5 Å². The zero-order chi connectivity index (χ0) is 39.8. The number of carbonyl (C=O) groups is 6. The van der Waals surface area contributed by atoms with Gasteiger partial charge in [0.15, 0.2) is 5.82 Å². The first-order valence-corrected chi connectivity index (χ1v) is 20.2. The Morgan fingerprint density at radius 2 is 1.65 bits per heavy atom. The van der Waals surface area contributed by atoms with Gasteiger partial charge in [-0.1, -0.05) is 64.4 Å². The molecule has 1 aromatic heterocycles. The number of alkyl carbamates (subject to hydrolysis) is 1. The fourth-order valence-corrected chi connectivity index (χ4v) is 9.67. The van der Waals surface area contributed by atoms with Gasteiger partial charge in [-0.3, -0.25) is 28.7 Å². The van der Waals surface area contributed by atoms with Crippen molar-refractivity contribution in [2.24, 2.45) is 12.5 Å². The van der Waals surface area contributed by atoms with Gasteiger partial charge in [0.25, 0.3) is 5.91 Å². The lowest BCUT2D eigenvalue weighted by Gasteiger charge is -2.36. The summed E-state index contributed by atoms with van der Waals surface area (Å²) in [6.07, 6.45) is 2.58. The number of likely N-dealkylation sites (tertiary alicyclic amines) is 1. The van der Waals surface area contributed by atoms with Gasteiger partial charge in [-0.25, -0.2) is 9.78 Å². The Labute approximate surface area is 325 Å². The Kier molecular flexibility index (Phi) is 14.2. The maximum Gasteiger partial charge on any atom is 0.408 e. The number of aryl methyl sites for hydroxylation is 1. The van der Waals surface area contributed by atoms with Gasteiger partial charge in [0, 0.05) is 20.0 Å². The number of nitrogens with zero attached hydrogens (tertiary/aromatic N) is 4. The third-order valence-electron chi connectivity index (χ3n) is 8.96. The third-order valence-corrected chi connectivity index (χ3v) is 12.3. The van der Waals surface area contributed by atoms with Crippen LogP contribution in [0.4, 0.5) is 4.79 Å². The summed E-state index contributed by atoms with van der Waals surface area (Å²) in [7, 11) is 1.70. The van der Waals surface area contributed by atoms with Crippen LogP contribution in [0, 0.1) is 5.41 Å². The number of thioether (sulfide) groups is 2. The summed E-state index contributed by atoms with van der Waals surface area (Å²) in [5, 5.41) is 14.9. The number of rotatable bonds is 13. The van der Waals surface area contributed by atoms with E-state index >= 15 is 0 Å². The molecule has 0 saturated carbocycles. The molecule has 2 aromatic rings. The first-order chi connectivity index (χ1) is 25.3. The van der Waals surface area contributed by atoms with Crippen molar-refractivity contribution < 1.29 is 33.5 Å². The predicted octanol–water partition coefficient (Wildman–Crippen LogP) is 3.10. The number of benzene rings is 1. The summed E-state index contributed by atoms with van der Waals surface area (Å²) in [5.41, 5.74) is -0.780. The Morgan fingerprint density at radius 1 is 0.981 bits per heavy atom. The van der Waals surface area contributed by atoms with Crippen LogP contribution in [0.2, 0.25) is 0 Å². The maximum atomic E-state index is 14.4. The van der Waals surface area contributed by atoms with Crippen LogP contribution in [-0.2, 0) is 35.8 Å². The first kappa shape index (κ1) is 42.6. The fraction of sp³-hybridized carbons (Fsp3) is 0.622. The second-order valence-corrected chi connectivity index (χ2v) is 18.9. The minimum absolute atomic E-state index is 0.159. The van der Waals surface area contributed by atoms with Gasteiger partial charge in [-0.05, 0) is 56.1 Å². The van der Waals surface area contributed by atoms with Gasteiger partial charge in [0.1, 0.15) is 30.1 Å². The highest BCUT2D eigenvalue weighted by atomic mass is 32.2. The first-order valence-electron chi connectivity index (χ1n) is 18.2. The topological polar surface area (TPSA) is 194 Å². The summed E-state index contributed by atoms with van der Waals surface area (Å²) in [4.78, 5) is 87.0. The summed E-state index contributed by atoms with van der Waals surface area (Å²) < 4.78 is 6.56. The van der Waals surface area contributed by atoms with Crippen molar-refractivity contribution in [3.8, 4) is 0 Å². The molecule has 296 valence electrons. The molecular formula is C37H54N8O7S2. The Bertz CT molecular complexity index is 1670. The molecule has 5 amide bonds. The van der Waals surface area contributed by atoms with E-state index < -0.39 is 81.3 Å². The average molecular weight is 787 g/mol. The minimum atomic E-state index is -1.19. The minimum Gasteiger partial charge on any atom is -0.444 e. The molecule has 2 fully saturated rings. The van der Waals surface area contributed by atoms with E-state index in [2.05, 4.69) is 31.3 Å². The molecule has 2 aliphatic rings. The van der Waals surface area contributed by atoms with Gasteiger partial charge >= 0.3 is 6.09 Å². The highest BCUT2D eigenvalue weighted by Crippen LogP contribution is 2.50. The van der Waals surface area contributed by atoms with Crippen LogP contribution >= 0.6 is 23.5 Å². The summed E-state index contributed by atoms with van der Waals surface area (Å²) >= 11 is 3.42. The van der Waals surface area contributed by atoms with Crippen LogP contribution in [0.5, 0.6) is 0 Å². The largest absolute Gasteiger partial charge is 0.444 e. The van der Waals surface area contributed by atoms with Crippen LogP contribution in [-0.4, -0.2) is 108 Å². The molecular weight excluding hydrogens is 733 g/mol. The monoisotopic (exact) mass is 786 g/mol. The number of hydrogen-bond acceptors (Lipinski definition) is 11. The number of Topliss-reactive ketones (excluding diaryl/α,β-unsaturated/α-hetero) is 1. The zero-order valence-corrected chi connectivity index (χ0v) is 34.0. The SMILES string of the molecule is CCCC(NC(=O)C1CC2(CN1C(=O)C(NC(=O)OC(C)(C)C)C(C)(C)C)SCCCS2)C(=O)C(=O)NCC(=O)NC(c1ccccc1)c1ncnn1C. The number of nitrogens with one attached hydrogen (secondary N) is 4. The third kappa shape index (κ3) is 11.2. The second-order valence-electron chi connectivity index (χ2n) is 15.6. The van der Waals surface area contributed by atoms with Crippen molar-refractivity contribution in [1.29, 1.82) is 0 Å². The van der Waals surface area contributed by atoms with E-state index in [1.54, 1.807) is 51.3 Å². The van der Waals surface area contributed by atoms with Crippen LogP contribution in [0.3, 0.4) is 0 Å². The molecule has 15 nitrogen and oxygen atoms in total. The molecule has 4 rings (SSSR count). The highest BCUT2D eigenvalue weighted by Gasteiger charge is 2.53. The molecule has 1 spiro atoms. The molecule has 1 aromatic carbocycles. The predicted molar refractivity (Wildman–Crippen MR) is 207 cm³/mol. The normalized spacial score (nSPS) is 18.6. The van der Waals surface area contributed by atoms with Gasteiger partial charge in [-0.15, -0.1) is 23.5 Å². The number of carbonyl (C=O) groups excluding carboxylic acids is 6. The van der Waals surface area contributed by atoms with Gasteiger partial charge < -0.3 is 30.9 Å². The second kappa shape index (κ2) is 18.0. The summed E-state index contributed by atoms with van der Waals surface area (Å²) in [6.45, 7) is 12.2. The van der Waals surface area contributed by atoms with Crippen molar-refractivity contribution in [1.82, 2.24) is 40.9 Å². The van der Waals surface area contributed by atoms with E-state index in [0.717, 1.165) is 23.5 Å². The van der Waals surface area contributed by atoms with E-state index in [1.807, 2.05) is 58.0 Å². The quantitative estimate of drug-likeness (QED) is 0.218. The van der Waals surface area contributed by atoms with Crippen molar-refractivity contribution in [2.75, 3.05) is 24.6 Å². The lowest BCUT2D eigenvalue weighted by atomic mass is 9.85. The molecule has 54 heavy (non-hydrogen) atoms. The lowest BCUT2D eigenvalue weighted by molar-refractivity contribution is -0.144. The van der Waals surface area contributed by atoms with Crippen LogP contribution in [0.15, 0.2) is 36.7 Å². The molecule has 3 heterocycles. The van der Waals surface area contributed by atoms with Gasteiger partial charge in [0.05, 0.1) is 16.7 Å². The lowest BCUT2D eigenvalue weighted by Crippen LogP contribution is -2.59. The van der Waals surface area contributed by atoms with Crippen molar-refractivity contribution >= 4 is 59.0 Å². The fourth-order valence-electron chi connectivity index (χ4n) is 6.32. The number of aromatic nitrogens is 3. The summed E-state index contributed by atoms with van der Waals surface area (Å²) in [6, 6.07) is 5.31. The van der Waals surface area contributed by atoms with Gasteiger partial charge in [-0.2, -0.15) is 5.10 Å². The number of hydrogen-bond donors (Lipinski definition) is 4. The molecule has 0 aliphatic carbocycles. The van der Waals surface area contributed by atoms with E-state index in [-0.39, 0.29) is 13.0 Å². The average Bonchev–Trinajstić information content (AvgIpc) is 3.70. The Balaban J connectivity index is 1.47. The van der Waals surface area contributed by atoms with E-state index in [0.29, 0.717) is 18.7 Å². The number of amides is 5. The van der Waals surface area contributed by atoms with Crippen molar-refractivity contribution in [3.05, 3.63) is 48.0 Å². The van der Waals surface area contributed by atoms with Crippen LogP contribution in [0.25, 0.3) is 0 Å². The number of ether oxygens (including phenoxy) is 1. The molecule has 0 bridgehead atoms. The Hall–Kier alpha value is -4.12. The van der Waals surface area contributed by atoms with Crippen LogP contribution in [0.1, 0.15) is 91.6 Å². The van der Waals surface area contributed by atoms with E-state index in [1.165, 1.54) is 15.9 Å². The van der Waals surface area contributed by atoms with Crippen LogP contribution < -0.4 is 21.3 Å². The zero-order valence-electron chi connectivity index (χ0n) is 32.4. The molecule has 4 unspecified atom stereocenters. The Morgan fingerprint density at radius 3 is 2.22 bits per heavy atom. The molecule has 2 saturated heterocycles. The van der Waals surface area contributed by atoms with Crippen molar-refractivity contribution in [2.45, 2.75) is 108 Å². The molecule has 4 N–H and O–H groups in total. The summed E-state index contributed by atoms with van der Waals surface area (Å²) in [5.74, 6) is -1.28. The standard InChI is InChI=1S/C37H54N8O7S2/c1-9-14-24(28(47)32(49)38-20-26(46)42-27(23-15-11-10-12-16-23)30-39-22-40-44(30)8)41-31(48)25-19-37(53-17-13-18-54-37)21-45(25)33(50)29(35(2,3)4)43-34(51)52-36(5,6)7/h10-12,15-16,22,24-25,27,29H,9,13-14,17-21H2,1-8H3,(H,38,49)(H,41,48)(H,42,46)(H,43,51). The maximum absolute atomic E-state index is 14.4. The molecule has 0 radical (unpaired) electrons. The molecule has 4 atom stereocenters. The highest BCUT2D eigenvalue weighted by molar-refractivity contribution is 8.18. The molecule has 2 aliphatic heterocycles. The smallest absolute Gasteiger partial charge is 0.408 e. The van der Waals surface area contributed by atoms with E-state index in [9.17, 15) is 28.8 Å².